The van der Waals surface area contributed by atoms with Gasteiger partial charge in [-0.3, -0.25) is 9.59 Å². The summed E-state index contributed by atoms with van der Waals surface area (Å²) in [5.74, 6) is -1.55. The maximum Gasteiger partial charge on any atom is 0.450 e. The summed E-state index contributed by atoms with van der Waals surface area (Å²) in [6.07, 6.45) is -1.94. The molecule has 3 unspecified atom stereocenters. The standard InChI is InChI=1S/C26H25F4NO4/c1-14-4-3-5-20(15(14)2)31-22(32)13-34-18-10-11-19-21(12-18)35-25(26(28,29)30)23(24(19)33)16-6-8-17(27)9-7-16/h6-12,14-15,20H,3-5,13H2,1-2H3,(H,31,32). The Bertz CT molecular complexity index is 1280. The van der Waals surface area contributed by atoms with Crippen molar-refractivity contribution in [1.29, 1.82) is 0 Å². The van der Waals surface area contributed by atoms with Crippen LogP contribution in [0.25, 0.3) is 22.1 Å². The van der Waals surface area contributed by atoms with E-state index in [1.165, 1.54) is 12.1 Å². The number of carbonyl (C=O) groups excluding carboxylic acids is 1. The molecule has 1 heterocycles. The highest BCUT2D eigenvalue weighted by Gasteiger charge is 2.39. The Morgan fingerprint density at radius 2 is 1.83 bits per heavy atom. The van der Waals surface area contributed by atoms with Crippen molar-refractivity contribution in [2.75, 3.05) is 6.61 Å². The summed E-state index contributed by atoms with van der Waals surface area (Å²) >= 11 is 0. The SMILES string of the molecule is CC1CCCC(NC(=O)COc2ccc3c(=O)c(-c4ccc(F)cc4)c(C(F)(F)F)oc3c2)C1C. The first-order chi connectivity index (χ1) is 16.5. The Balaban J connectivity index is 1.59. The number of hydrogen-bond donors (Lipinski definition) is 1. The van der Waals surface area contributed by atoms with Crippen molar-refractivity contribution >= 4 is 16.9 Å². The number of carbonyl (C=O) groups is 1. The molecule has 1 aliphatic rings. The molecule has 0 saturated heterocycles. The zero-order valence-electron chi connectivity index (χ0n) is 19.2. The van der Waals surface area contributed by atoms with Crippen LogP contribution < -0.4 is 15.5 Å². The van der Waals surface area contributed by atoms with Crippen LogP contribution in [0.3, 0.4) is 0 Å². The third-order valence-corrected chi connectivity index (χ3v) is 6.68. The van der Waals surface area contributed by atoms with Crippen LogP contribution in [0.15, 0.2) is 51.7 Å². The van der Waals surface area contributed by atoms with Gasteiger partial charge in [-0.2, -0.15) is 13.2 Å². The minimum atomic E-state index is -4.97. The maximum absolute atomic E-state index is 13.8. The summed E-state index contributed by atoms with van der Waals surface area (Å²) in [6.45, 7) is 3.92. The number of benzene rings is 2. The van der Waals surface area contributed by atoms with E-state index in [4.69, 9.17) is 9.15 Å². The molecule has 9 heteroatoms. The van der Waals surface area contributed by atoms with E-state index in [1.54, 1.807) is 0 Å². The minimum Gasteiger partial charge on any atom is -0.484 e. The molecule has 1 saturated carbocycles. The predicted octanol–water partition coefficient (Wildman–Crippen LogP) is 5.94. The van der Waals surface area contributed by atoms with Crippen molar-refractivity contribution in [2.24, 2.45) is 11.8 Å². The maximum atomic E-state index is 13.8. The smallest absolute Gasteiger partial charge is 0.450 e. The fraction of sp³-hybridized carbons (Fsp3) is 0.385. The van der Waals surface area contributed by atoms with Gasteiger partial charge in [-0.05, 0) is 48.1 Å². The van der Waals surface area contributed by atoms with E-state index >= 15 is 0 Å². The summed E-state index contributed by atoms with van der Waals surface area (Å²) in [6, 6.07) is 7.99. The summed E-state index contributed by atoms with van der Waals surface area (Å²) in [4.78, 5) is 25.4. The molecule has 1 aromatic heterocycles. The molecule has 1 amide bonds. The molecular weight excluding hydrogens is 466 g/mol. The number of hydrogen-bond acceptors (Lipinski definition) is 4. The van der Waals surface area contributed by atoms with Crippen molar-refractivity contribution in [3.05, 3.63) is 64.3 Å². The molecule has 1 fully saturated rings. The summed E-state index contributed by atoms with van der Waals surface area (Å²) < 4.78 is 65.2. The highest BCUT2D eigenvalue weighted by atomic mass is 19.4. The first kappa shape index (κ1) is 24.8. The van der Waals surface area contributed by atoms with Crippen molar-refractivity contribution in [3.8, 4) is 16.9 Å². The average molecular weight is 491 g/mol. The van der Waals surface area contributed by atoms with Gasteiger partial charge in [0.15, 0.2) is 6.61 Å². The van der Waals surface area contributed by atoms with Crippen LogP contribution in [0, 0.1) is 17.7 Å². The van der Waals surface area contributed by atoms with E-state index in [-0.39, 0.29) is 40.8 Å². The van der Waals surface area contributed by atoms with Crippen LogP contribution in [0.5, 0.6) is 5.75 Å². The molecule has 0 aliphatic heterocycles. The predicted molar refractivity (Wildman–Crippen MR) is 122 cm³/mol. The van der Waals surface area contributed by atoms with E-state index in [1.807, 2.05) is 0 Å². The van der Waals surface area contributed by atoms with E-state index in [9.17, 15) is 27.2 Å². The molecule has 0 radical (unpaired) electrons. The molecule has 0 spiro atoms. The molecule has 1 N–H and O–H groups in total. The Morgan fingerprint density at radius 1 is 1.11 bits per heavy atom. The zero-order chi connectivity index (χ0) is 25.3. The van der Waals surface area contributed by atoms with Crippen LogP contribution in [0.1, 0.15) is 38.9 Å². The minimum absolute atomic E-state index is 0.0451. The van der Waals surface area contributed by atoms with Gasteiger partial charge in [0, 0.05) is 12.1 Å². The highest BCUT2D eigenvalue weighted by molar-refractivity contribution is 5.84. The van der Waals surface area contributed by atoms with Gasteiger partial charge >= 0.3 is 6.18 Å². The Hall–Kier alpha value is -3.36. The van der Waals surface area contributed by atoms with Crippen LogP contribution in [0.2, 0.25) is 0 Å². The molecule has 5 nitrogen and oxygen atoms in total. The van der Waals surface area contributed by atoms with Gasteiger partial charge < -0.3 is 14.5 Å². The molecule has 35 heavy (non-hydrogen) atoms. The fourth-order valence-electron chi connectivity index (χ4n) is 4.52. The second kappa shape index (κ2) is 9.71. The number of rotatable bonds is 5. The van der Waals surface area contributed by atoms with Gasteiger partial charge in [0.25, 0.3) is 5.91 Å². The first-order valence-electron chi connectivity index (χ1n) is 11.4. The summed E-state index contributed by atoms with van der Waals surface area (Å²) in [5, 5.41) is 2.86. The van der Waals surface area contributed by atoms with Crippen molar-refractivity contribution in [2.45, 2.75) is 45.3 Å². The normalized spacial score (nSPS) is 20.6. The van der Waals surface area contributed by atoms with E-state index in [2.05, 4.69) is 19.2 Å². The van der Waals surface area contributed by atoms with E-state index < -0.39 is 28.7 Å². The number of amides is 1. The monoisotopic (exact) mass is 491 g/mol. The number of nitrogens with one attached hydrogen (secondary N) is 1. The lowest BCUT2D eigenvalue weighted by Gasteiger charge is -2.34. The highest BCUT2D eigenvalue weighted by Crippen LogP contribution is 2.38. The second-order valence-electron chi connectivity index (χ2n) is 9.03. The molecule has 3 aromatic rings. The summed E-state index contributed by atoms with van der Waals surface area (Å²) in [7, 11) is 0. The third kappa shape index (κ3) is 5.33. The van der Waals surface area contributed by atoms with Gasteiger partial charge in [-0.1, -0.05) is 38.8 Å². The molecule has 3 atom stereocenters. The van der Waals surface area contributed by atoms with E-state index in [0.29, 0.717) is 11.8 Å². The van der Waals surface area contributed by atoms with E-state index in [0.717, 1.165) is 49.6 Å². The van der Waals surface area contributed by atoms with Crippen molar-refractivity contribution in [3.63, 3.8) is 0 Å². The largest absolute Gasteiger partial charge is 0.484 e. The number of alkyl halides is 3. The first-order valence-corrected chi connectivity index (χ1v) is 11.4. The lowest BCUT2D eigenvalue weighted by molar-refractivity contribution is -0.152. The number of ether oxygens (including phenoxy) is 1. The fourth-order valence-corrected chi connectivity index (χ4v) is 4.52. The Labute approximate surface area is 199 Å². The van der Waals surface area contributed by atoms with Gasteiger partial charge in [0.2, 0.25) is 11.2 Å². The van der Waals surface area contributed by atoms with Gasteiger partial charge in [-0.15, -0.1) is 0 Å². The molecular formula is C26H25F4NO4. The third-order valence-electron chi connectivity index (χ3n) is 6.68. The van der Waals surface area contributed by atoms with Crippen LogP contribution in [-0.2, 0) is 11.0 Å². The van der Waals surface area contributed by atoms with Gasteiger partial charge in [0.05, 0.1) is 10.9 Å². The molecule has 0 bridgehead atoms. The van der Waals surface area contributed by atoms with Crippen molar-refractivity contribution in [1.82, 2.24) is 5.32 Å². The zero-order valence-corrected chi connectivity index (χ0v) is 19.2. The van der Waals surface area contributed by atoms with Gasteiger partial charge in [0.1, 0.15) is 17.1 Å². The topological polar surface area (TPSA) is 68.5 Å². The summed E-state index contributed by atoms with van der Waals surface area (Å²) in [5.41, 5.74) is -2.05. The molecule has 2 aromatic carbocycles. The second-order valence-corrected chi connectivity index (χ2v) is 9.03. The quantitative estimate of drug-likeness (QED) is 0.449. The lowest BCUT2D eigenvalue weighted by Crippen LogP contribution is -2.45. The van der Waals surface area contributed by atoms with Gasteiger partial charge in [-0.25, -0.2) is 4.39 Å². The average Bonchev–Trinajstić information content (AvgIpc) is 2.80. The number of halogens is 4. The van der Waals surface area contributed by atoms with Crippen LogP contribution in [0.4, 0.5) is 17.6 Å². The number of fused-ring (bicyclic) bond motifs is 1. The van der Waals surface area contributed by atoms with Crippen LogP contribution in [-0.4, -0.2) is 18.6 Å². The van der Waals surface area contributed by atoms with Crippen LogP contribution >= 0.6 is 0 Å². The Kier molecular flexibility index (Phi) is 6.87. The molecule has 1 aliphatic carbocycles. The van der Waals surface area contributed by atoms with Crippen molar-refractivity contribution < 1.29 is 31.5 Å². The lowest BCUT2D eigenvalue weighted by atomic mass is 9.78. The Morgan fingerprint density at radius 3 is 2.51 bits per heavy atom. The molecule has 186 valence electrons. The molecule has 4 rings (SSSR count).